The van der Waals surface area contributed by atoms with E-state index in [9.17, 15) is 0 Å². The number of rotatable bonds is 24. The van der Waals surface area contributed by atoms with Gasteiger partial charge in [-0.2, -0.15) is 0 Å². The van der Waals surface area contributed by atoms with E-state index in [1.165, 1.54) is 116 Å². The highest BCUT2D eigenvalue weighted by atomic mass is 16.5. The maximum absolute atomic E-state index is 6.39. The Morgan fingerprint density at radius 3 is 1.43 bits per heavy atom. The maximum atomic E-state index is 6.39. The molecule has 2 aromatic carbocycles. The van der Waals surface area contributed by atoms with Crippen molar-refractivity contribution in [3.8, 4) is 11.5 Å². The maximum Gasteiger partial charge on any atom is 0.189 e. The van der Waals surface area contributed by atoms with Gasteiger partial charge in [-0.05, 0) is 37.1 Å². The standard InChI is InChI=1S/C36H58N4O2/c1-3-5-7-9-11-13-15-17-19-21-25-41-34-24-23-31-35(40-33-28-30(38)29(37)27-32(33)39-31)36(34)42-26-22-20-18-16-14-12-10-8-6-4-2/h23-24,27-28H,3-22,25-26,37-38H2,1-2H3. The summed E-state index contributed by atoms with van der Waals surface area (Å²) in [6.07, 6.45) is 26.0. The molecule has 1 heterocycles. The first-order chi connectivity index (χ1) is 20.6. The lowest BCUT2D eigenvalue weighted by Gasteiger charge is -2.15. The number of benzene rings is 2. The third-order valence-corrected chi connectivity index (χ3v) is 8.23. The Labute approximate surface area is 255 Å². The molecule has 0 aliphatic heterocycles. The number of fused-ring (bicyclic) bond motifs is 2. The molecule has 0 bridgehead atoms. The lowest BCUT2D eigenvalue weighted by Crippen LogP contribution is -2.05. The van der Waals surface area contributed by atoms with Crippen LogP contribution in [0.25, 0.3) is 22.1 Å². The quantitative estimate of drug-likeness (QED) is 0.0623. The molecule has 0 spiro atoms. The Balaban J connectivity index is 1.53. The number of nitrogens with two attached hydrogens (primary N) is 2. The molecule has 0 fully saturated rings. The smallest absolute Gasteiger partial charge is 0.189 e. The summed E-state index contributed by atoms with van der Waals surface area (Å²) in [7, 11) is 0. The predicted octanol–water partition coefficient (Wildman–Crippen LogP) is 10.5. The van der Waals surface area contributed by atoms with Crippen LogP contribution in [0.15, 0.2) is 24.3 Å². The molecule has 0 saturated heterocycles. The summed E-state index contributed by atoms with van der Waals surface area (Å²) >= 11 is 0. The first kappa shape index (κ1) is 33.7. The van der Waals surface area contributed by atoms with Crippen LogP contribution in [-0.4, -0.2) is 23.2 Å². The van der Waals surface area contributed by atoms with Crippen molar-refractivity contribution in [3.63, 3.8) is 0 Å². The fourth-order valence-electron chi connectivity index (χ4n) is 5.57. The summed E-state index contributed by atoms with van der Waals surface area (Å²) in [5.74, 6) is 1.45. The zero-order valence-electron chi connectivity index (χ0n) is 26.7. The minimum absolute atomic E-state index is 0.511. The van der Waals surface area contributed by atoms with Crippen molar-refractivity contribution in [2.24, 2.45) is 0 Å². The van der Waals surface area contributed by atoms with E-state index >= 15 is 0 Å². The van der Waals surface area contributed by atoms with Crippen LogP contribution in [-0.2, 0) is 0 Å². The van der Waals surface area contributed by atoms with E-state index in [2.05, 4.69) is 13.8 Å². The van der Waals surface area contributed by atoms with Gasteiger partial charge in [-0.1, -0.05) is 129 Å². The first-order valence-corrected chi connectivity index (χ1v) is 17.2. The van der Waals surface area contributed by atoms with Gasteiger partial charge in [0, 0.05) is 0 Å². The molecular formula is C36H58N4O2. The SMILES string of the molecule is CCCCCCCCCCCCOc1ccc2nc3cc(N)c(N)cc3nc2c1OCCCCCCCCCCCC. The monoisotopic (exact) mass is 578 g/mol. The number of aromatic nitrogens is 2. The second kappa shape index (κ2) is 20.2. The van der Waals surface area contributed by atoms with Crippen LogP contribution in [0.5, 0.6) is 11.5 Å². The van der Waals surface area contributed by atoms with Gasteiger partial charge in [0.05, 0.1) is 41.1 Å². The minimum Gasteiger partial charge on any atom is -0.490 e. The van der Waals surface area contributed by atoms with Gasteiger partial charge in [0.15, 0.2) is 11.5 Å². The average Bonchev–Trinajstić information content (AvgIpc) is 2.99. The van der Waals surface area contributed by atoms with E-state index in [0.717, 1.165) is 35.1 Å². The van der Waals surface area contributed by atoms with Crippen molar-refractivity contribution in [3.05, 3.63) is 24.3 Å². The topological polar surface area (TPSA) is 96.3 Å². The molecule has 0 radical (unpaired) electrons. The Kier molecular flexibility index (Phi) is 16.2. The molecule has 0 aliphatic rings. The summed E-state index contributed by atoms with van der Waals surface area (Å²) in [6, 6.07) is 7.53. The zero-order chi connectivity index (χ0) is 29.8. The molecule has 1 aromatic heterocycles. The van der Waals surface area contributed by atoms with Gasteiger partial charge < -0.3 is 20.9 Å². The third kappa shape index (κ3) is 11.9. The van der Waals surface area contributed by atoms with Gasteiger partial charge in [0.2, 0.25) is 0 Å². The molecule has 42 heavy (non-hydrogen) atoms. The van der Waals surface area contributed by atoms with Crippen molar-refractivity contribution in [1.82, 2.24) is 9.97 Å². The fourth-order valence-corrected chi connectivity index (χ4v) is 5.57. The van der Waals surface area contributed by atoms with E-state index in [1.807, 2.05) is 12.1 Å². The van der Waals surface area contributed by atoms with Gasteiger partial charge in [0.1, 0.15) is 5.52 Å². The van der Waals surface area contributed by atoms with Crippen LogP contribution in [0.1, 0.15) is 142 Å². The van der Waals surface area contributed by atoms with Crippen molar-refractivity contribution in [2.45, 2.75) is 142 Å². The zero-order valence-corrected chi connectivity index (χ0v) is 26.7. The Hall–Kier alpha value is -2.76. The van der Waals surface area contributed by atoms with E-state index in [0.29, 0.717) is 35.9 Å². The molecule has 6 heteroatoms. The van der Waals surface area contributed by atoms with Gasteiger partial charge in [0.25, 0.3) is 0 Å². The van der Waals surface area contributed by atoms with E-state index < -0.39 is 0 Å². The third-order valence-electron chi connectivity index (χ3n) is 8.23. The second-order valence-corrected chi connectivity index (χ2v) is 12.0. The lowest BCUT2D eigenvalue weighted by atomic mass is 10.1. The van der Waals surface area contributed by atoms with Crippen LogP contribution in [0, 0.1) is 0 Å². The average molecular weight is 579 g/mol. The van der Waals surface area contributed by atoms with Gasteiger partial charge >= 0.3 is 0 Å². The summed E-state index contributed by atoms with van der Waals surface area (Å²) < 4.78 is 12.7. The first-order valence-electron chi connectivity index (χ1n) is 17.2. The number of nitrogen functional groups attached to an aromatic ring is 2. The number of hydrogen-bond donors (Lipinski definition) is 2. The van der Waals surface area contributed by atoms with E-state index in [-0.39, 0.29) is 0 Å². The van der Waals surface area contributed by atoms with Crippen LogP contribution in [0.4, 0.5) is 11.4 Å². The normalized spacial score (nSPS) is 11.5. The predicted molar refractivity (Wildman–Crippen MR) is 181 cm³/mol. The molecule has 0 saturated carbocycles. The number of unbranched alkanes of at least 4 members (excludes halogenated alkanes) is 18. The largest absolute Gasteiger partial charge is 0.490 e. The molecule has 3 rings (SSSR count). The Bertz CT molecular complexity index is 1170. The summed E-state index contributed by atoms with van der Waals surface area (Å²) in [6.45, 7) is 5.88. The fraction of sp³-hybridized carbons (Fsp3) is 0.667. The summed E-state index contributed by atoms with van der Waals surface area (Å²) in [5.41, 5.74) is 16.1. The molecule has 3 aromatic rings. The molecule has 6 nitrogen and oxygen atoms in total. The minimum atomic E-state index is 0.511. The van der Waals surface area contributed by atoms with Gasteiger partial charge in [-0.15, -0.1) is 0 Å². The molecule has 4 N–H and O–H groups in total. The summed E-state index contributed by atoms with van der Waals surface area (Å²) in [5, 5.41) is 0. The van der Waals surface area contributed by atoms with Crippen molar-refractivity contribution in [1.29, 1.82) is 0 Å². The molecule has 0 aliphatic carbocycles. The van der Waals surface area contributed by atoms with Crippen molar-refractivity contribution in [2.75, 3.05) is 24.7 Å². The van der Waals surface area contributed by atoms with Crippen LogP contribution < -0.4 is 20.9 Å². The van der Waals surface area contributed by atoms with E-state index in [4.69, 9.17) is 30.9 Å². The Morgan fingerprint density at radius 1 is 0.500 bits per heavy atom. The van der Waals surface area contributed by atoms with Crippen molar-refractivity contribution >= 4 is 33.4 Å². The Morgan fingerprint density at radius 2 is 0.929 bits per heavy atom. The molecule has 0 amide bonds. The number of ether oxygens (including phenoxy) is 2. The highest BCUT2D eigenvalue weighted by Crippen LogP contribution is 2.36. The number of nitrogens with zero attached hydrogens (tertiary/aromatic N) is 2. The number of hydrogen-bond acceptors (Lipinski definition) is 6. The van der Waals surface area contributed by atoms with Crippen LogP contribution in [0.2, 0.25) is 0 Å². The summed E-state index contributed by atoms with van der Waals surface area (Å²) in [4.78, 5) is 9.73. The van der Waals surface area contributed by atoms with Crippen molar-refractivity contribution < 1.29 is 9.47 Å². The molecule has 0 atom stereocenters. The van der Waals surface area contributed by atoms with Gasteiger partial charge in [-0.25, -0.2) is 9.97 Å². The number of anilines is 2. The highest BCUT2D eigenvalue weighted by molar-refractivity contribution is 5.94. The second-order valence-electron chi connectivity index (χ2n) is 12.0. The molecule has 0 unspecified atom stereocenters. The highest BCUT2D eigenvalue weighted by Gasteiger charge is 2.15. The molecule has 234 valence electrons. The van der Waals surface area contributed by atoms with E-state index in [1.54, 1.807) is 12.1 Å². The van der Waals surface area contributed by atoms with Crippen LogP contribution >= 0.6 is 0 Å². The molecular weight excluding hydrogens is 520 g/mol. The lowest BCUT2D eigenvalue weighted by molar-refractivity contribution is 0.260. The van der Waals surface area contributed by atoms with Gasteiger partial charge in [-0.3, -0.25) is 0 Å². The van der Waals surface area contributed by atoms with Crippen LogP contribution in [0.3, 0.4) is 0 Å².